The predicted molar refractivity (Wildman–Crippen MR) is 123 cm³/mol. The molecule has 0 fully saturated rings. The fraction of sp³-hybridized carbons (Fsp3) is 0.0800. The molecule has 0 bridgehead atoms. The first kappa shape index (κ1) is 26.9. The van der Waals surface area contributed by atoms with Crippen LogP contribution in [0.2, 0.25) is 0 Å². The van der Waals surface area contributed by atoms with E-state index in [1.807, 2.05) is 43.3 Å². The maximum atomic E-state index is 13.5. The van der Waals surface area contributed by atoms with Gasteiger partial charge in [-0.2, -0.15) is 11.2 Å². The monoisotopic (exact) mass is 670 g/mol. The van der Waals surface area contributed by atoms with E-state index in [0.29, 0.717) is 5.69 Å². The molecule has 0 spiro atoms. The van der Waals surface area contributed by atoms with Crippen LogP contribution in [-0.4, -0.2) is 21.3 Å². The summed E-state index contributed by atoms with van der Waals surface area (Å²) in [5.74, 6) is -3.64. The van der Waals surface area contributed by atoms with E-state index in [1.165, 1.54) is 11.3 Å². The summed E-state index contributed by atoms with van der Waals surface area (Å²) in [6.45, 7) is 3.55. The van der Waals surface area contributed by atoms with E-state index in [0.717, 1.165) is 29.8 Å². The molecule has 0 saturated heterocycles. The van der Waals surface area contributed by atoms with Gasteiger partial charge in [-0.1, -0.05) is 48.4 Å². The van der Waals surface area contributed by atoms with Gasteiger partial charge in [-0.05, 0) is 36.0 Å². The van der Waals surface area contributed by atoms with Crippen LogP contribution in [-0.2, 0) is 26.5 Å². The summed E-state index contributed by atoms with van der Waals surface area (Å²) in [6.07, 6.45) is 3.93. The molecule has 184 valence electrons. The standard InChI is InChI=1S/C13H8F2N4.C12H9F2N2.Ir/c14-12-7-6-11(13(15)17-12)19-9-18(8-16-19)10-4-2-1-3-5-10;1-2-8-5-6-15-10(7-8)9-3-4-11(13)16-12(9)14;/h1-5,7-9H;4-7H,2H2,1H3;/q-2;-1;+3. The number of rotatable bonds is 4. The minimum atomic E-state index is -0.955. The van der Waals surface area contributed by atoms with Crippen LogP contribution in [0.1, 0.15) is 12.5 Å². The minimum Gasteiger partial charge on any atom is -0.463 e. The molecule has 1 aliphatic heterocycles. The summed E-state index contributed by atoms with van der Waals surface area (Å²) in [6, 6.07) is 19.9. The van der Waals surface area contributed by atoms with Gasteiger partial charge in [0.1, 0.15) is 17.8 Å². The van der Waals surface area contributed by atoms with Crippen LogP contribution in [0, 0.1) is 42.6 Å². The molecule has 36 heavy (non-hydrogen) atoms. The molecule has 4 aromatic rings. The van der Waals surface area contributed by atoms with Crippen molar-refractivity contribution in [3.63, 3.8) is 0 Å². The van der Waals surface area contributed by atoms with Gasteiger partial charge in [0.2, 0.25) is 0 Å². The maximum Gasteiger partial charge on any atom is 3.00 e. The molecule has 5 rings (SSSR count). The average molecular weight is 670 g/mol. The number of pyridine rings is 3. The van der Waals surface area contributed by atoms with E-state index in [2.05, 4.69) is 32.2 Å². The normalized spacial score (nSPS) is 12.1. The number of nitrogens with zero attached hydrogens (tertiary/aromatic N) is 6. The number of benzene rings is 1. The second-order valence-electron chi connectivity index (χ2n) is 7.09. The van der Waals surface area contributed by atoms with E-state index < -0.39 is 23.8 Å². The van der Waals surface area contributed by atoms with Crippen LogP contribution < -0.4 is 9.91 Å². The Bertz CT molecular complexity index is 1340. The molecule has 1 aliphatic rings. The van der Waals surface area contributed by atoms with Crippen LogP contribution >= 0.6 is 0 Å². The van der Waals surface area contributed by atoms with Gasteiger partial charge in [0, 0.05) is 11.9 Å². The summed E-state index contributed by atoms with van der Waals surface area (Å²) < 4.78 is 52.2. The quantitative estimate of drug-likeness (QED) is 0.167. The number of hydrogen-bond donors (Lipinski definition) is 0. The molecule has 3 aromatic heterocycles. The van der Waals surface area contributed by atoms with Crippen LogP contribution in [0.15, 0.2) is 65.9 Å². The van der Waals surface area contributed by atoms with Crippen molar-refractivity contribution >= 4 is 17.7 Å². The molecule has 4 heterocycles. The fourth-order valence-electron chi connectivity index (χ4n) is 3.05. The first-order chi connectivity index (χ1) is 16.9. The number of para-hydroxylation sites is 1. The molecule has 11 heteroatoms. The van der Waals surface area contributed by atoms with Crippen LogP contribution in [0.4, 0.5) is 28.9 Å². The van der Waals surface area contributed by atoms with Gasteiger partial charge in [-0.25, -0.2) is 8.78 Å². The van der Waals surface area contributed by atoms with E-state index in [4.69, 9.17) is 0 Å². The Morgan fingerprint density at radius 1 is 0.917 bits per heavy atom. The number of hydrogen-bond acceptors (Lipinski definition) is 6. The van der Waals surface area contributed by atoms with E-state index >= 15 is 0 Å². The van der Waals surface area contributed by atoms with Crippen LogP contribution in [0.3, 0.4) is 0 Å². The largest absolute Gasteiger partial charge is 3.00 e. The molecule has 1 aromatic carbocycles. The van der Waals surface area contributed by atoms with Gasteiger partial charge in [-0.3, -0.25) is 13.8 Å². The van der Waals surface area contributed by atoms with Gasteiger partial charge >= 0.3 is 20.1 Å². The Kier molecular flexibility index (Phi) is 9.21. The van der Waals surface area contributed by atoms with Gasteiger partial charge < -0.3 is 19.9 Å². The second-order valence-corrected chi connectivity index (χ2v) is 7.09. The van der Waals surface area contributed by atoms with Gasteiger partial charge in [0.15, 0.2) is 0 Å². The van der Waals surface area contributed by atoms with E-state index in [9.17, 15) is 17.6 Å². The average Bonchev–Trinajstić information content (AvgIpc) is 3.35. The summed E-state index contributed by atoms with van der Waals surface area (Å²) in [7, 11) is 0. The second kappa shape index (κ2) is 12.3. The zero-order valence-corrected chi connectivity index (χ0v) is 21.1. The van der Waals surface area contributed by atoms with Crippen molar-refractivity contribution in [3.8, 4) is 11.3 Å². The number of hydrazone groups is 1. The van der Waals surface area contributed by atoms with Gasteiger partial charge in [0.25, 0.3) is 0 Å². The van der Waals surface area contributed by atoms with Crippen LogP contribution in [0.5, 0.6) is 0 Å². The van der Waals surface area contributed by atoms with Crippen molar-refractivity contribution in [3.05, 3.63) is 109 Å². The minimum absolute atomic E-state index is 0. The Hall–Kier alpha value is -3.69. The third kappa shape index (κ3) is 6.50. The van der Waals surface area contributed by atoms with Crippen molar-refractivity contribution in [2.75, 3.05) is 9.91 Å². The molecular formula is C25H17F4IrN6. The Balaban J connectivity index is 0.000000198. The number of aryl methyl sites for hydroxylation is 1. The number of halogens is 4. The molecule has 0 radical (unpaired) electrons. The van der Waals surface area contributed by atoms with Gasteiger partial charge in [-0.15, -0.1) is 18.8 Å². The van der Waals surface area contributed by atoms with Crippen molar-refractivity contribution < 1.29 is 37.7 Å². The zero-order chi connectivity index (χ0) is 24.8. The summed E-state index contributed by atoms with van der Waals surface area (Å²) in [4.78, 5) is 11.9. The van der Waals surface area contributed by atoms with Gasteiger partial charge in [0.05, 0.1) is 12.3 Å². The van der Waals surface area contributed by atoms with Crippen molar-refractivity contribution in [2.45, 2.75) is 13.3 Å². The molecule has 0 N–H and O–H groups in total. The first-order valence-corrected chi connectivity index (χ1v) is 10.4. The Labute approximate surface area is 218 Å². The van der Waals surface area contributed by atoms with Crippen molar-refractivity contribution in [1.29, 1.82) is 0 Å². The zero-order valence-electron chi connectivity index (χ0n) is 18.7. The molecule has 0 amide bonds. The van der Waals surface area contributed by atoms with Crippen LogP contribution in [0.25, 0.3) is 11.3 Å². The fourth-order valence-corrected chi connectivity index (χ4v) is 3.05. The Morgan fingerprint density at radius 2 is 1.61 bits per heavy atom. The molecule has 6 nitrogen and oxygen atoms in total. The number of anilines is 2. The summed E-state index contributed by atoms with van der Waals surface area (Å²) >= 11 is 0. The molecular weight excluding hydrogens is 653 g/mol. The molecule has 0 aliphatic carbocycles. The van der Waals surface area contributed by atoms with Crippen molar-refractivity contribution in [2.24, 2.45) is 5.10 Å². The maximum absolute atomic E-state index is 13.5. The predicted octanol–water partition coefficient (Wildman–Crippen LogP) is 5.33. The first-order valence-electron chi connectivity index (χ1n) is 10.4. The number of aromatic nitrogens is 3. The Morgan fingerprint density at radius 3 is 2.28 bits per heavy atom. The molecule has 0 unspecified atom stereocenters. The van der Waals surface area contributed by atoms with E-state index in [1.54, 1.807) is 23.8 Å². The summed E-state index contributed by atoms with van der Waals surface area (Å²) in [5, 5.41) is 5.24. The molecule has 0 saturated carbocycles. The molecule has 0 atom stereocenters. The SMILES string of the molecule is CCc1ccnc(-c2[c-]cc(F)nc2F)c1.Fc1c[c-]c(N2[CH-]N(c3ccccc3)C=N2)c(F)n1.[Ir+3]. The van der Waals surface area contributed by atoms with E-state index in [-0.39, 0.29) is 31.4 Å². The smallest absolute Gasteiger partial charge is 0.463 e. The topological polar surface area (TPSA) is 57.5 Å². The van der Waals surface area contributed by atoms with Crippen molar-refractivity contribution in [1.82, 2.24) is 15.0 Å². The summed E-state index contributed by atoms with van der Waals surface area (Å²) in [5.41, 5.74) is 2.39. The third-order valence-electron chi connectivity index (χ3n) is 4.78. The third-order valence-corrected chi connectivity index (χ3v) is 4.78.